The Morgan fingerprint density at radius 1 is 1.12 bits per heavy atom. The van der Waals surface area contributed by atoms with E-state index in [1.807, 2.05) is 0 Å². The third kappa shape index (κ3) is 3.81. The number of hydrogen-bond donors (Lipinski definition) is 1. The molecular weight excluding hydrogens is 342 g/mol. The molecule has 2 saturated carbocycles. The predicted octanol–water partition coefficient (Wildman–Crippen LogP) is 3.99. The molecule has 3 nitrogen and oxygen atoms in total. The van der Waals surface area contributed by atoms with Crippen LogP contribution in [-0.4, -0.2) is 35.1 Å². The lowest BCUT2D eigenvalue weighted by Gasteiger charge is -2.34. The number of carbonyl (C=O) groups is 1. The Balaban J connectivity index is 1.91. The summed E-state index contributed by atoms with van der Waals surface area (Å²) in [5, 5.41) is 9.10. The van der Waals surface area contributed by atoms with Gasteiger partial charge in [-0.15, -0.1) is 0 Å². The van der Waals surface area contributed by atoms with E-state index in [-0.39, 0.29) is 12.3 Å². The zero-order valence-corrected chi connectivity index (χ0v) is 13.1. The van der Waals surface area contributed by atoms with Crippen LogP contribution in [0.25, 0.3) is 0 Å². The van der Waals surface area contributed by atoms with Crippen molar-refractivity contribution in [2.24, 2.45) is 17.8 Å². The second-order valence-corrected chi connectivity index (χ2v) is 7.00. The molecule has 9 heteroatoms. The van der Waals surface area contributed by atoms with Crippen molar-refractivity contribution in [1.29, 1.82) is 0 Å². The Morgan fingerprint density at radius 3 is 2.12 bits per heavy atom. The molecule has 0 radical (unpaired) electrons. The Labute approximate surface area is 135 Å². The van der Waals surface area contributed by atoms with Crippen molar-refractivity contribution in [1.82, 2.24) is 0 Å². The van der Waals surface area contributed by atoms with E-state index >= 15 is 0 Å². The van der Waals surface area contributed by atoms with Crippen molar-refractivity contribution in [3.05, 3.63) is 0 Å². The Morgan fingerprint density at radius 2 is 1.71 bits per heavy atom. The van der Waals surface area contributed by atoms with Gasteiger partial charge in [-0.05, 0) is 43.9 Å². The van der Waals surface area contributed by atoms with Gasteiger partial charge in [-0.1, -0.05) is 6.42 Å². The second-order valence-electron chi connectivity index (χ2n) is 7.00. The second kappa shape index (κ2) is 6.38. The first-order chi connectivity index (χ1) is 10.8. The van der Waals surface area contributed by atoms with E-state index in [4.69, 9.17) is 9.84 Å². The van der Waals surface area contributed by atoms with Crippen LogP contribution in [0.1, 0.15) is 45.4 Å². The number of aliphatic hydroxyl groups is 1. The van der Waals surface area contributed by atoms with Gasteiger partial charge in [-0.3, -0.25) is 4.79 Å². The van der Waals surface area contributed by atoms with E-state index in [9.17, 15) is 31.1 Å². The lowest BCUT2D eigenvalue weighted by Crippen LogP contribution is -2.58. The van der Waals surface area contributed by atoms with Gasteiger partial charge in [0.2, 0.25) is 0 Å². The van der Waals surface area contributed by atoms with Crippen molar-refractivity contribution in [2.75, 3.05) is 0 Å². The molecule has 0 aromatic rings. The topological polar surface area (TPSA) is 46.5 Å². The summed E-state index contributed by atoms with van der Waals surface area (Å²) in [5.74, 6) is 0.227. The quantitative estimate of drug-likeness (QED) is 0.594. The summed E-state index contributed by atoms with van der Waals surface area (Å²) >= 11 is 0. The molecular formula is C15H20F6O3. The van der Waals surface area contributed by atoms with Crippen molar-refractivity contribution in [3.8, 4) is 0 Å². The number of carbonyl (C=O) groups excluding carboxylic acids is 1. The number of alkyl halides is 6. The summed E-state index contributed by atoms with van der Waals surface area (Å²) in [6.07, 6.45) is -11.3. The molecule has 2 aliphatic rings. The number of hydrogen-bond acceptors (Lipinski definition) is 3. The van der Waals surface area contributed by atoms with Crippen LogP contribution in [0.2, 0.25) is 0 Å². The summed E-state index contributed by atoms with van der Waals surface area (Å²) < 4.78 is 80.4. The standard InChI is InChI=1S/C15H20F6O3/c1-8(7-13(23,14(16,17)18)15(19,20)21)24-12(22)6-11-5-9-2-3-10(11)4-9/h8-11,23H,2-7H2,1H3. The number of rotatable bonds is 5. The number of halogens is 6. The van der Waals surface area contributed by atoms with Gasteiger partial charge in [0.25, 0.3) is 5.60 Å². The Kier molecular flexibility index (Phi) is 5.14. The minimum absolute atomic E-state index is 0.00196. The van der Waals surface area contributed by atoms with Crippen molar-refractivity contribution in [3.63, 3.8) is 0 Å². The van der Waals surface area contributed by atoms with E-state index in [1.54, 1.807) is 0 Å². The molecule has 140 valence electrons. The van der Waals surface area contributed by atoms with Crippen LogP contribution in [0.3, 0.4) is 0 Å². The molecule has 0 spiro atoms. The predicted molar refractivity (Wildman–Crippen MR) is 70.8 cm³/mol. The normalized spacial score (nSPS) is 28.9. The monoisotopic (exact) mass is 362 g/mol. The molecule has 0 aromatic carbocycles. The van der Waals surface area contributed by atoms with Gasteiger partial charge in [0.15, 0.2) is 0 Å². The van der Waals surface area contributed by atoms with Crippen LogP contribution in [0, 0.1) is 17.8 Å². The molecule has 0 aromatic heterocycles. The molecule has 0 heterocycles. The average Bonchev–Trinajstić information content (AvgIpc) is 2.97. The van der Waals surface area contributed by atoms with E-state index in [0.29, 0.717) is 11.8 Å². The third-order valence-corrected chi connectivity index (χ3v) is 5.17. The molecule has 2 aliphatic carbocycles. The molecule has 0 amide bonds. The largest absolute Gasteiger partial charge is 0.463 e. The fourth-order valence-electron chi connectivity index (χ4n) is 3.96. The lowest BCUT2D eigenvalue weighted by atomic mass is 9.86. The zero-order valence-electron chi connectivity index (χ0n) is 13.1. The van der Waals surface area contributed by atoms with Gasteiger partial charge in [0.05, 0.1) is 0 Å². The minimum Gasteiger partial charge on any atom is -0.463 e. The number of ether oxygens (including phenoxy) is 1. The molecule has 2 fully saturated rings. The number of fused-ring (bicyclic) bond motifs is 2. The van der Waals surface area contributed by atoms with Crippen molar-refractivity contribution >= 4 is 5.97 Å². The number of esters is 1. The Hall–Kier alpha value is -0.990. The van der Waals surface area contributed by atoms with Gasteiger partial charge >= 0.3 is 18.3 Å². The highest BCUT2D eigenvalue weighted by atomic mass is 19.4. The van der Waals surface area contributed by atoms with Crippen LogP contribution in [-0.2, 0) is 9.53 Å². The summed E-state index contributed by atoms with van der Waals surface area (Å²) in [4.78, 5) is 11.8. The summed E-state index contributed by atoms with van der Waals surface area (Å²) in [5.41, 5.74) is -4.90. The Bertz CT molecular complexity index is 459. The first-order valence-corrected chi connectivity index (χ1v) is 7.89. The fraction of sp³-hybridized carbons (Fsp3) is 0.933. The zero-order chi connectivity index (χ0) is 18.3. The smallest absolute Gasteiger partial charge is 0.426 e. The van der Waals surface area contributed by atoms with Gasteiger partial charge in [-0.2, -0.15) is 26.3 Å². The molecule has 4 atom stereocenters. The van der Waals surface area contributed by atoms with Crippen LogP contribution < -0.4 is 0 Å². The summed E-state index contributed by atoms with van der Waals surface area (Å²) in [7, 11) is 0. The van der Waals surface area contributed by atoms with Crippen LogP contribution in [0.5, 0.6) is 0 Å². The highest BCUT2D eigenvalue weighted by Crippen LogP contribution is 2.50. The van der Waals surface area contributed by atoms with Crippen LogP contribution in [0.15, 0.2) is 0 Å². The maximum atomic E-state index is 12.6. The molecule has 2 bridgehead atoms. The average molecular weight is 362 g/mol. The van der Waals surface area contributed by atoms with Crippen LogP contribution in [0.4, 0.5) is 26.3 Å². The van der Waals surface area contributed by atoms with Gasteiger partial charge in [0.1, 0.15) is 6.10 Å². The first-order valence-electron chi connectivity index (χ1n) is 7.89. The fourth-order valence-corrected chi connectivity index (χ4v) is 3.96. The molecule has 2 rings (SSSR count). The first kappa shape index (κ1) is 19.3. The van der Waals surface area contributed by atoms with Gasteiger partial charge < -0.3 is 9.84 Å². The minimum atomic E-state index is -5.91. The summed E-state index contributed by atoms with van der Waals surface area (Å²) in [6, 6.07) is 0. The lowest BCUT2D eigenvalue weighted by molar-refractivity contribution is -0.373. The molecule has 0 aliphatic heterocycles. The van der Waals surface area contributed by atoms with E-state index in [1.165, 1.54) is 0 Å². The SMILES string of the molecule is CC(CC(O)(C(F)(F)F)C(F)(F)F)OC(=O)CC1CC2CCC1C2. The van der Waals surface area contributed by atoms with E-state index < -0.39 is 36.4 Å². The van der Waals surface area contributed by atoms with E-state index in [2.05, 4.69) is 0 Å². The molecule has 24 heavy (non-hydrogen) atoms. The van der Waals surface area contributed by atoms with Gasteiger partial charge in [0, 0.05) is 12.8 Å². The maximum Gasteiger partial charge on any atom is 0.426 e. The van der Waals surface area contributed by atoms with Crippen molar-refractivity contribution < 1.29 is 41.0 Å². The molecule has 0 saturated heterocycles. The maximum absolute atomic E-state index is 12.6. The van der Waals surface area contributed by atoms with Gasteiger partial charge in [-0.25, -0.2) is 0 Å². The molecule has 4 unspecified atom stereocenters. The molecule has 1 N–H and O–H groups in total. The summed E-state index contributed by atoms with van der Waals surface area (Å²) in [6.45, 7) is 0.918. The van der Waals surface area contributed by atoms with Crippen molar-refractivity contribution in [2.45, 2.75) is 69.5 Å². The highest BCUT2D eigenvalue weighted by Gasteiger charge is 2.70. The highest BCUT2D eigenvalue weighted by molar-refractivity contribution is 5.70. The van der Waals surface area contributed by atoms with E-state index in [0.717, 1.165) is 32.6 Å². The van der Waals surface area contributed by atoms with Crippen LogP contribution >= 0.6 is 0 Å². The third-order valence-electron chi connectivity index (χ3n) is 5.17.